The van der Waals surface area contributed by atoms with Crippen molar-refractivity contribution in [2.45, 2.75) is 18.6 Å². The monoisotopic (exact) mass is 349 g/mol. The molecule has 1 aromatic heterocycles. The Morgan fingerprint density at radius 2 is 2.08 bits per heavy atom. The van der Waals surface area contributed by atoms with E-state index in [0.29, 0.717) is 6.04 Å². The highest BCUT2D eigenvalue weighted by Gasteiger charge is 2.34. The minimum atomic E-state index is -4.55. The number of rotatable bonds is 2. The fourth-order valence-corrected chi connectivity index (χ4v) is 3.52. The van der Waals surface area contributed by atoms with E-state index in [0.717, 1.165) is 44.5 Å². The van der Waals surface area contributed by atoms with Crippen molar-refractivity contribution in [3.8, 4) is 0 Å². The molecule has 8 heteroatoms. The number of fused-ring (bicyclic) bond motifs is 3. The minimum absolute atomic E-state index is 0.138. The van der Waals surface area contributed by atoms with Crippen LogP contribution in [0.3, 0.4) is 0 Å². The second kappa shape index (κ2) is 6.27. The van der Waals surface area contributed by atoms with Gasteiger partial charge in [0.1, 0.15) is 5.82 Å². The average Bonchev–Trinajstić information content (AvgIpc) is 2.61. The fourth-order valence-electron chi connectivity index (χ4n) is 3.52. The SMILES string of the molecule is FC(F)(F)c1nccc(Nc2ccc3c(c2)CCN2CCNC[C@H]32)n1. The Kier molecular flexibility index (Phi) is 4.09. The lowest BCUT2D eigenvalue weighted by Crippen LogP contribution is -2.48. The zero-order valence-electron chi connectivity index (χ0n) is 13.5. The first-order valence-electron chi connectivity index (χ1n) is 8.25. The van der Waals surface area contributed by atoms with Gasteiger partial charge in [0, 0.05) is 44.1 Å². The van der Waals surface area contributed by atoms with E-state index in [1.54, 1.807) is 0 Å². The second-order valence-corrected chi connectivity index (χ2v) is 6.31. The molecule has 0 bridgehead atoms. The van der Waals surface area contributed by atoms with Crippen LogP contribution in [0.2, 0.25) is 0 Å². The summed E-state index contributed by atoms with van der Waals surface area (Å²) >= 11 is 0. The number of hydrogen-bond donors (Lipinski definition) is 2. The molecule has 0 unspecified atom stereocenters. The Hall–Kier alpha value is -2.19. The van der Waals surface area contributed by atoms with Crippen LogP contribution in [0.4, 0.5) is 24.7 Å². The molecule has 1 atom stereocenters. The van der Waals surface area contributed by atoms with Crippen LogP contribution in [0.25, 0.3) is 0 Å². The molecule has 1 aromatic carbocycles. The molecule has 4 rings (SSSR count). The zero-order valence-corrected chi connectivity index (χ0v) is 13.5. The number of nitrogens with zero attached hydrogens (tertiary/aromatic N) is 3. The molecule has 0 radical (unpaired) electrons. The van der Waals surface area contributed by atoms with Crippen LogP contribution in [0.15, 0.2) is 30.5 Å². The number of nitrogens with one attached hydrogen (secondary N) is 2. The average molecular weight is 349 g/mol. The van der Waals surface area contributed by atoms with Gasteiger partial charge in [-0.1, -0.05) is 6.07 Å². The van der Waals surface area contributed by atoms with Crippen molar-refractivity contribution in [1.29, 1.82) is 0 Å². The first kappa shape index (κ1) is 16.3. The predicted octanol–water partition coefficient (Wildman–Crippen LogP) is 2.74. The van der Waals surface area contributed by atoms with Crippen LogP contribution in [-0.4, -0.2) is 41.0 Å². The second-order valence-electron chi connectivity index (χ2n) is 6.31. The Morgan fingerprint density at radius 1 is 1.20 bits per heavy atom. The topological polar surface area (TPSA) is 53.1 Å². The van der Waals surface area contributed by atoms with E-state index in [1.165, 1.54) is 17.2 Å². The summed E-state index contributed by atoms with van der Waals surface area (Å²) in [4.78, 5) is 9.31. The molecule has 0 saturated carbocycles. The molecule has 0 spiro atoms. The Morgan fingerprint density at radius 3 is 2.92 bits per heavy atom. The highest BCUT2D eigenvalue weighted by Crippen LogP contribution is 2.33. The highest BCUT2D eigenvalue weighted by atomic mass is 19.4. The number of benzene rings is 1. The zero-order chi connectivity index (χ0) is 17.4. The maximum Gasteiger partial charge on any atom is 0.451 e. The molecular formula is C17H18F3N5. The number of hydrogen-bond acceptors (Lipinski definition) is 5. The molecule has 25 heavy (non-hydrogen) atoms. The van der Waals surface area contributed by atoms with Gasteiger partial charge in [-0.15, -0.1) is 0 Å². The van der Waals surface area contributed by atoms with E-state index in [-0.39, 0.29) is 5.82 Å². The van der Waals surface area contributed by atoms with Gasteiger partial charge < -0.3 is 10.6 Å². The summed E-state index contributed by atoms with van der Waals surface area (Å²) in [6, 6.07) is 7.78. The van der Waals surface area contributed by atoms with Crippen molar-refractivity contribution in [3.05, 3.63) is 47.4 Å². The fraction of sp³-hybridized carbons (Fsp3) is 0.412. The summed E-state index contributed by atoms with van der Waals surface area (Å²) in [5, 5.41) is 6.38. The van der Waals surface area contributed by atoms with Crippen LogP contribution in [0, 0.1) is 0 Å². The predicted molar refractivity (Wildman–Crippen MR) is 87.6 cm³/mol. The molecule has 0 amide bonds. The molecule has 0 aliphatic carbocycles. The summed E-state index contributed by atoms with van der Waals surface area (Å²) < 4.78 is 38.2. The van der Waals surface area contributed by atoms with Crippen LogP contribution < -0.4 is 10.6 Å². The van der Waals surface area contributed by atoms with E-state index >= 15 is 0 Å². The molecule has 132 valence electrons. The standard InChI is InChI=1S/C17H18F3N5/c18-17(19,20)16-22-5-3-15(24-16)23-12-1-2-13-11(9-12)4-7-25-8-6-21-10-14(13)25/h1-3,5,9,14,21H,4,6-8,10H2,(H,22,23,24)/t14-/m1/s1. The summed E-state index contributed by atoms with van der Waals surface area (Å²) in [5.74, 6) is -1.00. The van der Waals surface area contributed by atoms with E-state index < -0.39 is 12.0 Å². The number of alkyl halides is 3. The number of piperazine rings is 1. The van der Waals surface area contributed by atoms with Crippen molar-refractivity contribution in [2.24, 2.45) is 0 Å². The summed E-state index contributed by atoms with van der Waals surface area (Å²) in [7, 11) is 0. The van der Waals surface area contributed by atoms with Crippen LogP contribution >= 0.6 is 0 Å². The van der Waals surface area contributed by atoms with Gasteiger partial charge >= 0.3 is 6.18 Å². The Balaban J connectivity index is 1.57. The van der Waals surface area contributed by atoms with E-state index in [4.69, 9.17) is 0 Å². The van der Waals surface area contributed by atoms with E-state index in [2.05, 4.69) is 31.6 Å². The van der Waals surface area contributed by atoms with Crippen molar-refractivity contribution in [2.75, 3.05) is 31.5 Å². The molecule has 1 saturated heterocycles. The van der Waals surface area contributed by atoms with Gasteiger partial charge in [0.05, 0.1) is 0 Å². The van der Waals surface area contributed by atoms with Gasteiger partial charge in [0.25, 0.3) is 0 Å². The van der Waals surface area contributed by atoms with Crippen molar-refractivity contribution >= 4 is 11.5 Å². The number of anilines is 2. The third kappa shape index (κ3) is 3.32. The smallest absolute Gasteiger partial charge is 0.340 e. The van der Waals surface area contributed by atoms with Crippen LogP contribution in [0.1, 0.15) is 23.0 Å². The summed E-state index contributed by atoms with van der Waals surface area (Å²) in [6.07, 6.45) is -2.49. The highest BCUT2D eigenvalue weighted by molar-refractivity contribution is 5.58. The van der Waals surface area contributed by atoms with Gasteiger partial charge in [0.15, 0.2) is 0 Å². The maximum atomic E-state index is 12.7. The van der Waals surface area contributed by atoms with Gasteiger partial charge in [-0.2, -0.15) is 13.2 Å². The van der Waals surface area contributed by atoms with Gasteiger partial charge in [-0.05, 0) is 35.7 Å². The molecule has 2 aliphatic heterocycles. The third-order valence-corrected chi connectivity index (χ3v) is 4.71. The number of halogens is 3. The normalized spacial score (nSPS) is 20.7. The molecular weight excluding hydrogens is 331 g/mol. The van der Waals surface area contributed by atoms with E-state index in [1.807, 2.05) is 12.1 Å². The lowest BCUT2D eigenvalue weighted by Gasteiger charge is -2.41. The van der Waals surface area contributed by atoms with Crippen molar-refractivity contribution < 1.29 is 13.2 Å². The minimum Gasteiger partial charge on any atom is -0.340 e. The molecule has 1 fully saturated rings. The first-order valence-corrected chi connectivity index (χ1v) is 8.25. The molecule has 3 heterocycles. The molecule has 2 N–H and O–H groups in total. The largest absolute Gasteiger partial charge is 0.451 e. The lowest BCUT2D eigenvalue weighted by molar-refractivity contribution is -0.144. The third-order valence-electron chi connectivity index (χ3n) is 4.71. The Bertz CT molecular complexity index is 777. The Labute approximate surface area is 143 Å². The van der Waals surface area contributed by atoms with Crippen LogP contribution in [-0.2, 0) is 12.6 Å². The summed E-state index contributed by atoms with van der Waals surface area (Å²) in [5.41, 5.74) is 3.27. The quantitative estimate of drug-likeness (QED) is 0.873. The van der Waals surface area contributed by atoms with Gasteiger partial charge in [-0.25, -0.2) is 9.97 Å². The van der Waals surface area contributed by atoms with Crippen LogP contribution in [0.5, 0.6) is 0 Å². The molecule has 2 aliphatic rings. The summed E-state index contributed by atoms with van der Waals surface area (Å²) in [6.45, 7) is 4.00. The number of aromatic nitrogens is 2. The molecule has 5 nitrogen and oxygen atoms in total. The molecule has 2 aromatic rings. The van der Waals surface area contributed by atoms with Crippen molar-refractivity contribution in [1.82, 2.24) is 20.2 Å². The van der Waals surface area contributed by atoms with Gasteiger partial charge in [-0.3, -0.25) is 4.90 Å². The van der Waals surface area contributed by atoms with Crippen molar-refractivity contribution in [3.63, 3.8) is 0 Å². The first-order chi connectivity index (χ1) is 12.0. The van der Waals surface area contributed by atoms with E-state index in [9.17, 15) is 13.2 Å². The maximum absolute atomic E-state index is 12.7. The lowest BCUT2D eigenvalue weighted by atomic mass is 9.91. The van der Waals surface area contributed by atoms with Gasteiger partial charge in [0.2, 0.25) is 5.82 Å².